The van der Waals surface area contributed by atoms with Crippen LogP contribution in [0.1, 0.15) is 28.9 Å². The van der Waals surface area contributed by atoms with Crippen molar-refractivity contribution in [2.24, 2.45) is 0 Å². The highest BCUT2D eigenvalue weighted by molar-refractivity contribution is 5.94. The van der Waals surface area contributed by atoms with Crippen molar-refractivity contribution >= 4 is 5.91 Å². The summed E-state index contributed by atoms with van der Waals surface area (Å²) in [4.78, 5) is 12.0. The maximum atomic E-state index is 13.1. The van der Waals surface area contributed by atoms with Crippen molar-refractivity contribution in [3.05, 3.63) is 65.2 Å². The number of ether oxygens (including phenoxy) is 1. The molecule has 0 saturated carbocycles. The highest BCUT2D eigenvalue weighted by atomic mass is 19.3. The van der Waals surface area contributed by atoms with E-state index in [0.717, 1.165) is 12.1 Å². The van der Waals surface area contributed by atoms with Crippen molar-refractivity contribution in [2.45, 2.75) is 19.6 Å². The summed E-state index contributed by atoms with van der Waals surface area (Å²) in [6, 6.07) is 7.72. The Bertz CT molecular complexity index is 669. The van der Waals surface area contributed by atoms with Gasteiger partial charge in [-0.25, -0.2) is 8.78 Å². The normalized spacial score (nSPS) is 12.1. The molecule has 23 heavy (non-hydrogen) atoms. The fourth-order valence-electron chi connectivity index (χ4n) is 1.99. The van der Waals surface area contributed by atoms with Crippen molar-refractivity contribution in [1.82, 2.24) is 5.32 Å². The molecule has 1 amide bonds. The smallest absolute Gasteiger partial charge is 0.387 e. The van der Waals surface area contributed by atoms with Crippen LogP contribution in [-0.4, -0.2) is 12.5 Å². The highest BCUT2D eigenvalue weighted by Gasteiger charge is 2.14. The lowest BCUT2D eigenvalue weighted by Crippen LogP contribution is -2.26. The SMILES string of the molecule is CC(NC(=O)c1cc(F)cc(F)c1)c1ccc(OC(F)F)cc1. The Morgan fingerprint density at radius 3 is 2.13 bits per heavy atom. The summed E-state index contributed by atoms with van der Waals surface area (Å²) < 4.78 is 54.6. The second kappa shape index (κ2) is 7.13. The summed E-state index contributed by atoms with van der Waals surface area (Å²) in [7, 11) is 0. The maximum Gasteiger partial charge on any atom is 0.387 e. The number of amides is 1. The molecule has 7 heteroatoms. The third-order valence-electron chi connectivity index (χ3n) is 3.08. The molecule has 122 valence electrons. The first-order chi connectivity index (χ1) is 10.8. The van der Waals surface area contributed by atoms with Gasteiger partial charge in [-0.1, -0.05) is 12.1 Å². The van der Waals surface area contributed by atoms with Gasteiger partial charge in [0.05, 0.1) is 6.04 Å². The van der Waals surface area contributed by atoms with Gasteiger partial charge in [0.15, 0.2) is 0 Å². The zero-order valence-corrected chi connectivity index (χ0v) is 12.0. The van der Waals surface area contributed by atoms with Crippen molar-refractivity contribution < 1.29 is 27.1 Å². The number of carbonyl (C=O) groups excluding carboxylic acids is 1. The molecule has 0 aliphatic heterocycles. The minimum atomic E-state index is -2.92. The summed E-state index contributed by atoms with van der Waals surface area (Å²) in [5, 5.41) is 2.57. The molecule has 2 aromatic rings. The second-order valence-electron chi connectivity index (χ2n) is 4.80. The van der Waals surface area contributed by atoms with Crippen molar-refractivity contribution in [3.63, 3.8) is 0 Å². The van der Waals surface area contributed by atoms with Crippen LogP contribution < -0.4 is 10.1 Å². The molecule has 2 rings (SSSR count). The fraction of sp³-hybridized carbons (Fsp3) is 0.188. The summed E-state index contributed by atoms with van der Waals surface area (Å²) >= 11 is 0. The molecule has 3 nitrogen and oxygen atoms in total. The minimum Gasteiger partial charge on any atom is -0.435 e. The van der Waals surface area contributed by atoms with Crippen molar-refractivity contribution in [2.75, 3.05) is 0 Å². The molecule has 0 bridgehead atoms. The number of carbonyl (C=O) groups is 1. The molecule has 0 spiro atoms. The van der Waals surface area contributed by atoms with Crippen LogP contribution in [0.4, 0.5) is 17.6 Å². The molecular formula is C16H13F4NO2. The summed E-state index contributed by atoms with van der Waals surface area (Å²) in [5.41, 5.74) is 0.476. The van der Waals surface area contributed by atoms with Gasteiger partial charge in [-0.3, -0.25) is 4.79 Å². The fourth-order valence-corrected chi connectivity index (χ4v) is 1.99. The van der Waals surface area contributed by atoms with Gasteiger partial charge in [-0.05, 0) is 36.8 Å². The Morgan fingerprint density at radius 1 is 1.04 bits per heavy atom. The van der Waals surface area contributed by atoms with E-state index < -0.39 is 30.2 Å². The molecule has 0 fully saturated rings. The Morgan fingerprint density at radius 2 is 1.61 bits per heavy atom. The lowest BCUT2D eigenvalue weighted by atomic mass is 10.1. The van der Waals surface area contributed by atoms with Crippen LogP contribution in [0.25, 0.3) is 0 Å². The Labute approximate surface area is 129 Å². The summed E-state index contributed by atoms with van der Waals surface area (Å²) in [6.45, 7) is -1.27. The van der Waals surface area contributed by atoms with Gasteiger partial charge >= 0.3 is 6.61 Å². The van der Waals surface area contributed by atoms with Gasteiger partial charge in [-0.15, -0.1) is 0 Å². The number of hydrogen-bond donors (Lipinski definition) is 1. The van der Waals surface area contributed by atoms with E-state index in [0.29, 0.717) is 11.6 Å². The monoisotopic (exact) mass is 327 g/mol. The molecule has 0 radical (unpaired) electrons. The topological polar surface area (TPSA) is 38.3 Å². The maximum absolute atomic E-state index is 13.1. The van der Waals surface area contributed by atoms with Gasteiger partial charge < -0.3 is 10.1 Å². The van der Waals surface area contributed by atoms with E-state index in [1.807, 2.05) is 0 Å². The number of hydrogen-bond acceptors (Lipinski definition) is 2. The van der Waals surface area contributed by atoms with Gasteiger partial charge in [0.1, 0.15) is 17.4 Å². The first-order valence-electron chi connectivity index (χ1n) is 6.67. The van der Waals surface area contributed by atoms with Crippen LogP contribution in [0.3, 0.4) is 0 Å². The van der Waals surface area contributed by atoms with Crippen LogP contribution in [0.15, 0.2) is 42.5 Å². The Hall–Kier alpha value is -2.57. The predicted octanol–water partition coefficient (Wildman–Crippen LogP) is 4.06. The third-order valence-corrected chi connectivity index (χ3v) is 3.08. The highest BCUT2D eigenvalue weighted by Crippen LogP contribution is 2.19. The van der Waals surface area contributed by atoms with Gasteiger partial charge in [-0.2, -0.15) is 8.78 Å². The summed E-state index contributed by atoms with van der Waals surface area (Å²) in [5.74, 6) is -2.36. The van der Waals surface area contributed by atoms with Crippen LogP contribution >= 0.6 is 0 Å². The zero-order chi connectivity index (χ0) is 17.0. The van der Waals surface area contributed by atoms with Crippen LogP contribution in [0.5, 0.6) is 5.75 Å². The lowest BCUT2D eigenvalue weighted by Gasteiger charge is -2.15. The first-order valence-corrected chi connectivity index (χ1v) is 6.67. The number of alkyl halides is 2. The Kier molecular flexibility index (Phi) is 5.20. The molecule has 2 aromatic carbocycles. The molecule has 1 unspecified atom stereocenters. The average molecular weight is 327 g/mol. The van der Waals surface area contributed by atoms with E-state index in [2.05, 4.69) is 10.1 Å². The number of halogens is 4. The van der Waals surface area contributed by atoms with E-state index in [9.17, 15) is 22.4 Å². The van der Waals surface area contributed by atoms with Crippen molar-refractivity contribution in [1.29, 1.82) is 0 Å². The van der Waals surface area contributed by atoms with Crippen LogP contribution in [0, 0.1) is 11.6 Å². The van der Waals surface area contributed by atoms with E-state index in [1.54, 1.807) is 6.92 Å². The molecule has 0 aromatic heterocycles. The minimum absolute atomic E-state index is 0.00511. The zero-order valence-electron chi connectivity index (χ0n) is 12.0. The van der Waals surface area contributed by atoms with Crippen LogP contribution in [0.2, 0.25) is 0 Å². The number of nitrogens with one attached hydrogen (secondary N) is 1. The third kappa shape index (κ3) is 4.70. The molecule has 0 aliphatic carbocycles. The molecule has 0 saturated heterocycles. The Balaban J connectivity index is 2.05. The molecule has 0 heterocycles. The molecule has 0 aliphatic rings. The molecular weight excluding hydrogens is 314 g/mol. The van der Waals surface area contributed by atoms with Gasteiger partial charge in [0, 0.05) is 11.6 Å². The largest absolute Gasteiger partial charge is 0.435 e. The lowest BCUT2D eigenvalue weighted by molar-refractivity contribution is -0.0498. The van der Waals surface area contributed by atoms with Gasteiger partial charge in [0.2, 0.25) is 0 Å². The van der Waals surface area contributed by atoms with E-state index in [-0.39, 0.29) is 11.3 Å². The van der Waals surface area contributed by atoms with E-state index in [1.165, 1.54) is 24.3 Å². The summed E-state index contributed by atoms with van der Waals surface area (Å²) in [6.07, 6.45) is 0. The number of rotatable bonds is 5. The average Bonchev–Trinajstić information content (AvgIpc) is 2.46. The first kappa shape index (κ1) is 16.8. The predicted molar refractivity (Wildman–Crippen MR) is 75.3 cm³/mol. The van der Waals surface area contributed by atoms with Gasteiger partial charge in [0.25, 0.3) is 5.91 Å². The number of benzene rings is 2. The standard InChI is InChI=1S/C16H13F4NO2/c1-9(10-2-4-14(5-3-10)23-16(19)20)21-15(22)11-6-12(17)8-13(18)7-11/h2-9,16H,1H3,(H,21,22). The van der Waals surface area contributed by atoms with Crippen molar-refractivity contribution in [3.8, 4) is 5.75 Å². The van der Waals surface area contributed by atoms with E-state index in [4.69, 9.17) is 0 Å². The molecule has 1 atom stereocenters. The van der Waals surface area contributed by atoms with Crippen LogP contribution in [-0.2, 0) is 0 Å². The van der Waals surface area contributed by atoms with E-state index >= 15 is 0 Å². The molecule has 1 N–H and O–H groups in total. The second-order valence-corrected chi connectivity index (χ2v) is 4.80. The quantitative estimate of drug-likeness (QED) is 0.841.